The van der Waals surface area contributed by atoms with Crippen LogP contribution in [0.25, 0.3) is 33.5 Å². The average Bonchev–Trinajstić information content (AvgIpc) is 3.29. The van der Waals surface area contributed by atoms with Crippen molar-refractivity contribution in [3.05, 3.63) is 30.6 Å². The van der Waals surface area contributed by atoms with Gasteiger partial charge in [0.05, 0.1) is 23.2 Å². The Morgan fingerprint density at radius 1 is 1.14 bits per heavy atom. The van der Waals surface area contributed by atoms with Crippen molar-refractivity contribution < 1.29 is 0 Å². The number of aromatic amines is 1. The van der Waals surface area contributed by atoms with Crippen LogP contribution in [-0.2, 0) is 7.05 Å². The highest BCUT2D eigenvalue weighted by Crippen LogP contribution is 2.31. The summed E-state index contributed by atoms with van der Waals surface area (Å²) in [4.78, 5) is 21.8. The number of nitrogens with one attached hydrogen (secondary N) is 2. The summed E-state index contributed by atoms with van der Waals surface area (Å²) in [6.07, 6.45) is 1.82. The summed E-state index contributed by atoms with van der Waals surface area (Å²) in [5.41, 5.74) is 4.59. The van der Waals surface area contributed by atoms with Crippen molar-refractivity contribution in [3.8, 4) is 11.4 Å². The molecule has 0 aliphatic heterocycles. The van der Waals surface area contributed by atoms with Gasteiger partial charge in [0.2, 0.25) is 0 Å². The minimum atomic E-state index is 0.765. The molecule has 0 fully saturated rings. The van der Waals surface area contributed by atoms with E-state index in [9.17, 15) is 0 Å². The van der Waals surface area contributed by atoms with Crippen LogP contribution in [0.15, 0.2) is 30.6 Å². The quantitative estimate of drug-likeness (QED) is 0.537. The number of hydrogen-bond donors (Lipinski definition) is 2. The van der Waals surface area contributed by atoms with Crippen molar-refractivity contribution in [2.75, 3.05) is 51.5 Å². The van der Waals surface area contributed by atoms with Crippen molar-refractivity contribution in [1.29, 1.82) is 0 Å². The summed E-state index contributed by atoms with van der Waals surface area (Å²) in [7, 11) is 10.1. The molecule has 0 unspecified atom stereocenters. The molecular weight excluding hydrogens is 352 g/mol. The maximum Gasteiger partial charge on any atom is 0.156 e. The molecule has 4 aromatic heterocycles. The molecule has 0 aromatic carbocycles. The Bertz CT molecular complexity index is 1120. The Kier molecular flexibility index (Phi) is 4.64. The van der Waals surface area contributed by atoms with Gasteiger partial charge < -0.3 is 24.7 Å². The monoisotopic (exact) mass is 378 g/mol. The zero-order chi connectivity index (χ0) is 19.8. The van der Waals surface area contributed by atoms with Crippen LogP contribution in [0.1, 0.15) is 0 Å². The number of pyridine rings is 2. The van der Waals surface area contributed by atoms with Crippen molar-refractivity contribution in [2.24, 2.45) is 7.05 Å². The zero-order valence-corrected chi connectivity index (χ0v) is 17.0. The molecule has 0 amide bonds. The number of hydrogen-bond acceptors (Lipinski definition) is 6. The van der Waals surface area contributed by atoms with Crippen molar-refractivity contribution >= 4 is 33.7 Å². The minimum Gasteiger partial charge on any atom is -0.371 e. The normalized spacial score (nSPS) is 11.6. The van der Waals surface area contributed by atoms with Gasteiger partial charge in [-0.3, -0.25) is 0 Å². The number of imidazole rings is 1. The van der Waals surface area contributed by atoms with E-state index in [4.69, 9.17) is 9.97 Å². The van der Waals surface area contributed by atoms with Crippen LogP contribution in [0.5, 0.6) is 0 Å². The summed E-state index contributed by atoms with van der Waals surface area (Å²) in [6.45, 7) is 1.89. The van der Waals surface area contributed by atoms with Gasteiger partial charge in [-0.15, -0.1) is 0 Å². The standard InChI is InChI=1S/C20H26N8/c1-21-20-17-18(28(5)12-22-17)13-11-15(24-19(13)25-20)14-7-6-8-16(23-14)27(4)10-9-26(2)3/h6-8,11-12H,9-10H2,1-5H3,(H2,21,24,25). The van der Waals surface area contributed by atoms with E-state index < -0.39 is 0 Å². The van der Waals surface area contributed by atoms with E-state index >= 15 is 0 Å². The van der Waals surface area contributed by atoms with Crippen molar-refractivity contribution in [2.45, 2.75) is 0 Å². The van der Waals surface area contributed by atoms with Gasteiger partial charge in [0.1, 0.15) is 17.0 Å². The second-order valence-corrected chi connectivity index (χ2v) is 7.31. The number of aryl methyl sites for hydroxylation is 1. The first kappa shape index (κ1) is 18.2. The lowest BCUT2D eigenvalue weighted by molar-refractivity contribution is 0.416. The Morgan fingerprint density at radius 3 is 2.71 bits per heavy atom. The third kappa shape index (κ3) is 3.16. The number of anilines is 2. The first-order valence-corrected chi connectivity index (χ1v) is 9.32. The summed E-state index contributed by atoms with van der Waals surface area (Å²) in [5.74, 6) is 1.72. The highest BCUT2D eigenvalue weighted by Gasteiger charge is 2.16. The van der Waals surface area contributed by atoms with Crippen LogP contribution in [0.2, 0.25) is 0 Å². The van der Waals surface area contributed by atoms with Gasteiger partial charge in [-0.1, -0.05) is 6.07 Å². The molecule has 4 aromatic rings. The second-order valence-electron chi connectivity index (χ2n) is 7.31. The van der Waals surface area contributed by atoms with Gasteiger partial charge in [0.25, 0.3) is 0 Å². The van der Waals surface area contributed by atoms with E-state index in [0.717, 1.165) is 58.2 Å². The van der Waals surface area contributed by atoms with Crippen LogP contribution in [-0.4, -0.2) is 70.7 Å². The van der Waals surface area contributed by atoms with Crippen molar-refractivity contribution in [3.63, 3.8) is 0 Å². The predicted molar refractivity (Wildman–Crippen MR) is 115 cm³/mol. The second kappa shape index (κ2) is 7.12. The minimum absolute atomic E-state index is 0.765. The average molecular weight is 378 g/mol. The topological polar surface area (TPSA) is 77.9 Å². The largest absolute Gasteiger partial charge is 0.371 e. The molecule has 8 nitrogen and oxygen atoms in total. The van der Waals surface area contributed by atoms with Gasteiger partial charge in [-0.05, 0) is 32.3 Å². The smallest absolute Gasteiger partial charge is 0.156 e. The fourth-order valence-corrected chi connectivity index (χ4v) is 3.36. The maximum absolute atomic E-state index is 4.86. The Hall–Kier alpha value is -3.13. The number of fused-ring (bicyclic) bond motifs is 3. The summed E-state index contributed by atoms with van der Waals surface area (Å²) >= 11 is 0. The van der Waals surface area contributed by atoms with Gasteiger partial charge in [0.15, 0.2) is 5.82 Å². The van der Waals surface area contributed by atoms with Crippen LogP contribution in [0, 0.1) is 0 Å². The fourth-order valence-electron chi connectivity index (χ4n) is 3.36. The van der Waals surface area contributed by atoms with Gasteiger partial charge in [-0.25, -0.2) is 15.0 Å². The molecule has 0 aliphatic rings. The van der Waals surface area contributed by atoms with E-state index in [1.54, 1.807) is 0 Å². The van der Waals surface area contributed by atoms with Crippen LogP contribution in [0.4, 0.5) is 11.6 Å². The number of aromatic nitrogens is 5. The first-order chi connectivity index (χ1) is 13.5. The Balaban J connectivity index is 1.77. The highest BCUT2D eigenvalue weighted by atomic mass is 15.2. The molecular formula is C20H26N8. The molecule has 0 atom stereocenters. The lowest BCUT2D eigenvalue weighted by atomic mass is 10.2. The first-order valence-electron chi connectivity index (χ1n) is 9.32. The van der Waals surface area contributed by atoms with Gasteiger partial charge in [-0.2, -0.15) is 0 Å². The number of H-pyrrole nitrogens is 1. The van der Waals surface area contributed by atoms with E-state index in [1.807, 2.05) is 43.2 Å². The molecule has 0 aliphatic carbocycles. The highest BCUT2D eigenvalue weighted by molar-refractivity contribution is 6.07. The summed E-state index contributed by atoms with van der Waals surface area (Å²) < 4.78 is 2.02. The molecule has 4 heterocycles. The number of rotatable bonds is 6. The molecule has 146 valence electrons. The van der Waals surface area contributed by atoms with E-state index in [1.165, 1.54) is 0 Å². The molecule has 0 saturated carbocycles. The molecule has 0 bridgehead atoms. The summed E-state index contributed by atoms with van der Waals surface area (Å²) in [5, 5.41) is 4.18. The molecule has 28 heavy (non-hydrogen) atoms. The number of nitrogens with zero attached hydrogens (tertiary/aromatic N) is 6. The molecule has 0 radical (unpaired) electrons. The van der Waals surface area contributed by atoms with E-state index in [0.29, 0.717) is 0 Å². The fraction of sp³-hybridized carbons (Fsp3) is 0.350. The van der Waals surface area contributed by atoms with Crippen LogP contribution in [0.3, 0.4) is 0 Å². The third-order valence-electron chi connectivity index (χ3n) is 4.96. The van der Waals surface area contributed by atoms with Crippen LogP contribution >= 0.6 is 0 Å². The molecule has 4 rings (SSSR count). The van der Waals surface area contributed by atoms with Gasteiger partial charge >= 0.3 is 0 Å². The lowest BCUT2D eigenvalue weighted by Crippen LogP contribution is -2.29. The Labute approximate surface area is 164 Å². The predicted octanol–water partition coefficient (Wildman–Crippen LogP) is 2.55. The maximum atomic E-state index is 4.86. The van der Waals surface area contributed by atoms with Gasteiger partial charge in [0, 0.05) is 39.6 Å². The van der Waals surface area contributed by atoms with Crippen molar-refractivity contribution in [1.82, 2.24) is 29.4 Å². The van der Waals surface area contributed by atoms with E-state index in [2.05, 4.69) is 52.3 Å². The van der Waals surface area contributed by atoms with Crippen LogP contribution < -0.4 is 10.2 Å². The molecule has 0 saturated heterocycles. The summed E-state index contributed by atoms with van der Waals surface area (Å²) in [6, 6.07) is 8.21. The third-order valence-corrected chi connectivity index (χ3v) is 4.96. The molecule has 8 heteroatoms. The zero-order valence-electron chi connectivity index (χ0n) is 17.0. The lowest BCUT2D eigenvalue weighted by Gasteiger charge is -2.20. The molecule has 2 N–H and O–H groups in total. The van der Waals surface area contributed by atoms with E-state index in [-0.39, 0.29) is 0 Å². The SMILES string of the molecule is CNc1nc2[nH]c(-c3cccc(N(C)CCN(C)C)n3)cc2c2c1ncn2C. The molecule has 0 spiro atoms. The Morgan fingerprint density at radius 2 is 1.96 bits per heavy atom. The number of likely N-dealkylation sites (N-methyl/N-ethyl adjacent to an activating group) is 2.